The summed E-state index contributed by atoms with van der Waals surface area (Å²) in [6, 6.07) is 7.86. The van der Waals surface area contributed by atoms with Crippen LogP contribution < -0.4 is 15.8 Å². The van der Waals surface area contributed by atoms with E-state index in [1.165, 1.54) is 19.3 Å². The summed E-state index contributed by atoms with van der Waals surface area (Å²) < 4.78 is 7.32. The number of hydrogen-bond donors (Lipinski definition) is 2. The summed E-state index contributed by atoms with van der Waals surface area (Å²) in [6.45, 7) is 12.0. The fraction of sp³-hybridized carbons (Fsp3) is 0.515. The molecule has 0 aliphatic carbocycles. The van der Waals surface area contributed by atoms with Gasteiger partial charge in [-0.3, -0.25) is 9.69 Å². The molecular formula is C33H47N5O2. The summed E-state index contributed by atoms with van der Waals surface area (Å²) in [6.07, 6.45) is 13.8. The molecule has 3 N–H and O–H groups in total. The predicted octanol–water partition coefficient (Wildman–Crippen LogP) is 6.86. The molecule has 3 aromatic rings. The molecule has 1 saturated heterocycles. The number of anilines is 2. The number of ether oxygens (including phenoxy) is 1. The Kier molecular flexibility index (Phi) is 10.3. The van der Waals surface area contributed by atoms with Crippen molar-refractivity contribution in [2.75, 3.05) is 32.1 Å². The fourth-order valence-corrected chi connectivity index (χ4v) is 5.51. The van der Waals surface area contributed by atoms with E-state index in [0.717, 1.165) is 84.8 Å². The highest BCUT2D eigenvalue weighted by Crippen LogP contribution is 2.33. The van der Waals surface area contributed by atoms with Gasteiger partial charge in [0.15, 0.2) is 5.82 Å². The van der Waals surface area contributed by atoms with Crippen molar-refractivity contribution in [2.45, 2.75) is 72.6 Å². The van der Waals surface area contributed by atoms with E-state index in [2.05, 4.69) is 50.1 Å². The van der Waals surface area contributed by atoms with Crippen molar-refractivity contribution in [3.05, 3.63) is 58.8 Å². The van der Waals surface area contributed by atoms with E-state index in [9.17, 15) is 4.79 Å². The first-order valence-electron chi connectivity index (χ1n) is 14.9. The molecule has 0 bridgehead atoms. The Balaban J connectivity index is 1.86. The molecule has 0 spiro atoms. The number of nitrogens with two attached hydrogens (primary N) is 1. The maximum Gasteiger partial charge on any atom is 0.249 e. The van der Waals surface area contributed by atoms with Crippen LogP contribution in [0.25, 0.3) is 11.6 Å². The zero-order chi connectivity index (χ0) is 28.6. The molecule has 0 atom stereocenters. The third-order valence-corrected chi connectivity index (χ3v) is 7.79. The van der Waals surface area contributed by atoms with Crippen LogP contribution in [-0.4, -0.2) is 47.2 Å². The number of fused-ring (bicyclic) bond motifs is 1. The number of aromatic nitrogens is 2. The van der Waals surface area contributed by atoms with Crippen LogP contribution in [0, 0.1) is 11.8 Å². The van der Waals surface area contributed by atoms with E-state index in [4.69, 9.17) is 15.6 Å². The molecule has 216 valence electrons. The van der Waals surface area contributed by atoms with E-state index in [-0.39, 0.29) is 5.91 Å². The molecule has 40 heavy (non-hydrogen) atoms. The molecule has 1 fully saturated rings. The summed E-state index contributed by atoms with van der Waals surface area (Å²) in [5.74, 6) is 2.24. The van der Waals surface area contributed by atoms with Crippen LogP contribution in [0.5, 0.6) is 5.75 Å². The van der Waals surface area contributed by atoms with E-state index < -0.39 is 0 Å². The molecule has 1 aromatic carbocycles. The molecule has 4 rings (SSSR count). The lowest BCUT2D eigenvalue weighted by molar-refractivity contribution is 0.0998. The lowest BCUT2D eigenvalue weighted by Gasteiger charge is -2.24. The third-order valence-electron chi connectivity index (χ3n) is 7.79. The second kappa shape index (κ2) is 13.8. The number of nitrogens with one attached hydrogen (secondary N) is 1. The van der Waals surface area contributed by atoms with Gasteiger partial charge in [-0.05, 0) is 98.8 Å². The normalized spacial score (nSPS) is 14.6. The van der Waals surface area contributed by atoms with Gasteiger partial charge >= 0.3 is 0 Å². The van der Waals surface area contributed by atoms with Gasteiger partial charge in [-0.15, -0.1) is 5.10 Å². The smallest absolute Gasteiger partial charge is 0.249 e. The number of hydrogen-bond acceptors (Lipinski definition) is 5. The average molecular weight is 546 g/mol. The number of carbonyl (C=O) groups excluding carboxylic acids is 1. The number of primary amides is 1. The van der Waals surface area contributed by atoms with Gasteiger partial charge in [0.05, 0.1) is 12.6 Å². The van der Waals surface area contributed by atoms with Crippen LogP contribution in [0.2, 0.25) is 0 Å². The molecule has 7 nitrogen and oxygen atoms in total. The molecule has 0 saturated carbocycles. The largest absolute Gasteiger partial charge is 0.497 e. The highest BCUT2D eigenvalue weighted by molar-refractivity contribution is 5.99. The van der Waals surface area contributed by atoms with Gasteiger partial charge in [0, 0.05) is 29.6 Å². The number of likely N-dealkylation sites (tertiary alicyclic amines) is 1. The van der Waals surface area contributed by atoms with Gasteiger partial charge in [-0.2, -0.15) is 0 Å². The summed E-state index contributed by atoms with van der Waals surface area (Å²) in [5, 5.41) is 8.59. The lowest BCUT2D eigenvalue weighted by atomic mass is 9.91. The number of amides is 1. The zero-order valence-corrected chi connectivity index (χ0v) is 25.0. The summed E-state index contributed by atoms with van der Waals surface area (Å²) in [7, 11) is 1.67. The number of rotatable bonds is 13. The first kappa shape index (κ1) is 29.7. The molecule has 3 heterocycles. The Hall–Kier alpha value is -3.32. The summed E-state index contributed by atoms with van der Waals surface area (Å²) >= 11 is 0. The van der Waals surface area contributed by atoms with Crippen LogP contribution in [0.4, 0.5) is 11.5 Å². The van der Waals surface area contributed by atoms with Crippen molar-refractivity contribution >= 4 is 29.0 Å². The van der Waals surface area contributed by atoms with Gasteiger partial charge in [0.25, 0.3) is 0 Å². The van der Waals surface area contributed by atoms with E-state index >= 15 is 0 Å². The Labute approximate surface area is 239 Å². The molecule has 0 radical (unpaired) electrons. The van der Waals surface area contributed by atoms with E-state index in [1.807, 2.05) is 35.0 Å². The van der Waals surface area contributed by atoms with E-state index in [0.29, 0.717) is 17.4 Å². The van der Waals surface area contributed by atoms with Crippen LogP contribution in [0.1, 0.15) is 86.8 Å². The highest BCUT2D eigenvalue weighted by atomic mass is 16.5. The van der Waals surface area contributed by atoms with Crippen molar-refractivity contribution in [1.82, 2.24) is 14.5 Å². The van der Waals surface area contributed by atoms with Gasteiger partial charge in [-0.1, -0.05) is 46.3 Å². The average Bonchev–Trinajstić information content (AvgIpc) is 3.27. The van der Waals surface area contributed by atoms with Crippen molar-refractivity contribution < 1.29 is 9.53 Å². The van der Waals surface area contributed by atoms with Gasteiger partial charge in [0.1, 0.15) is 5.75 Å². The minimum atomic E-state index is -0.353. The molecule has 1 amide bonds. The maximum atomic E-state index is 13.0. The van der Waals surface area contributed by atoms with Crippen molar-refractivity contribution in [2.24, 2.45) is 17.6 Å². The Bertz CT molecular complexity index is 1300. The third kappa shape index (κ3) is 7.45. The van der Waals surface area contributed by atoms with Gasteiger partial charge in [0.2, 0.25) is 5.91 Å². The zero-order valence-electron chi connectivity index (χ0n) is 25.0. The monoisotopic (exact) mass is 545 g/mol. The minimum absolute atomic E-state index is 0.353. The molecule has 1 aliphatic heterocycles. The predicted molar refractivity (Wildman–Crippen MR) is 166 cm³/mol. The molecule has 2 aromatic heterocycles. The summed E-state index contributed by atoms with van der Waals surface area (Å²) in [5.41, 5.74) is 11.7. The van der Waals surface area contributed by atoms with Crippen molar-refractivity contribution in [3.8, 4) is 5.75 Å². The van der Waals surface area contributed by atoms with Crippen LogP contribution in [-0.2, 0) is 12.8 Å². The number of aryl methyl sites for hydroxylation is 2. The first-order valence-corrected chi connectivity index (χ1v) is 14.9. The molecule has 1 aliphatic rings. The highest BCUT2D eigenvalue weighted by Gasteiger charge is 2.23. The van der Waals surface area contributed by atoms with Gasteiger partial charge < -0.3 is 15.8 Å². The maximum absolute atomic E-state index is 13.0. The number of piperidine rings is 1. The minimum Gasteiger partial charge on any atom is -0.497 e. The van der Waals surface area contributed by atoms with Crippen LogP contribution in [0.3, 0.4) is 0 Å². The van der Waals surface area contributed by atoms with Crippen molar-refractivity contribution in [3.63, 3.8) is 0 Å². The number of methoxy groups -OCH3 is 1. The number of carbonyl (C=O) groups is 1. The quantitative estimate of drug-likeness (QED) is 0.245. The second-order valence-corrected chi connectivity index (χ2v) is 11.9. The number of nitrogens with zero attached hydrogens (tertiary/aromatic N) is 3. The number of benzene rings is 1. The van der Waals surface area contributed by atoms with Crippen LogP contribution in [0.15, 0.2) is 36.5 Å². The summed E-state index contributed by atoms with van der Waals surface area (Å²) in [4.78, 5) is 15.5. The fourth-order valence-electron chi connectivity index (χ4n) is 5.51. The Morgan fingerprint density at radius 2 is 1.73 bits per heavy atom. The lowest BCUT2D eigenvalue weighted by Crippen LogP contribution is -2.29. The van der Waals surface area contributed by atoms with E-state index in [1.54, 1.807) is 7.11 Å². The second-order valence-electron chi connectivity index (χ2n) is 11.9. The molecule has 7 heteroatoms. The topological polar surface area (TPSA) is 84.9 Å². The molecular weight excluding hydrogens is 498 g/mol. The Morgan fingerprint density at radius 1 is 1.05 bits per heavy atom. The molecule has 0 unspecified atom stereocenters. The van der Waals surface area contributed by atoms with Gasteiger partial charge in [-0.25, -0.2) is 4.52 Å². The van der Waals surface area contributed by atoms with Crippen LogP contribution >= 0.6 is 0 Å². The SMILES string of the molecule is COc1ccc(Nc2nn3cc(CCC(C)C)c(C(N)=O)c(CCC(C)C)c3c2C=CCN2CCCCC2)cc1. The van der Waals surface area contributed by atoms with Crippen molar-refractivity contribution in [1.29, 1.82) is 0 Å². The standard InChI is InChI=1S/C33H47N5O2/c1-23(2)11-13-25-22-38-31(28(18-12-24(3)4)30(25)32(34)39)29(10-9-21-37-19-7-6-8-20-37)33(36-38)35-26-14-16-27(40-5)17-15-26/h9-10,14-17,22-24H,6-8,11-13,18-21H2,1-5H3,(H2,34,39)(H,35,36). The first-order chi connectivity index (χ1) is 19.3. The Morgan fingerprint density at radius 3 is 2.35 bits per heavy atom. The number of pyridine rings is 1.